The largest absolute Gasteiger partial charge is 0.505 e. The molecular formula is C7H7F2NO3. The first kappa shape index (κ1) is 9.69. The summed E-state index contributed by atoms with van der Waals surface area (Å²) in [6.07, 6.45) is 0. The van der Waals surface area contributed by atoms with E-state index in [-0.39, 0.29) is 0 Å². The van der Waals surface area contributed by atoms with Crippen LogP contribution < -0.4 is 5.90 Å². The molecule has 4 N–H and O–H groups in total. The molecule has 1 rings (SSSR count). The van der Waals surface area contributed by atoms with Crippen LogP contribution in [0.2, 0.25) is 0 Å². The average Bonchev–Trinajstić information content (AvgIpc) is 2.09. The Kier molecular flexibility index (Phi) is 2.64. The van der Waals surface area contributed by atoms with Gasteiger partial charge in [-0.3, -0.25) is 4.84 Å². The summed E-state index contributed by atoms with van der Waals surface area (Å²) >= 11 is 0. The van der Waals surface area contributed by atoms with Gasteiger partial charge in [0.05, 0.1) is 12.2 Å². The van der Waals surface area contributed by atoms with Crippen molar-refractivity contribution in [1.29, 1.82) is 0 Å². The highest BCUT2D eigenvalue weighted by atomic mass is 19.1. The third-order valence-corrected chi connectivity index (χ3v) is 1.48. The molecule has 0 aliphatic carbocycles. The Hall–Kier alpha value is -1.40. The fourth-order valence-corrected chi connectivity index (χ4v) is 0.872. The summed E-state index contributed by atoms with van der Waals surface area (Å²) in [5.41, 5.74) is -0.611. The first-order valence-electron chi connectivity index (χ1n) is 3.28. The maximum atomic E-state index is 12.9. The van der Waals surface area contributed by atoms with Crippen molar-refractivity contribution in [3.63, 3.8) is 0 Å². The lowest BCUT2D eigenvalue weighted by molar-refractivity contribution is 0.117. The van der Waals surface area contributed by atoms with Crippen molar-refractivity contribution in [2.24, 2.45) is 5.90 Å². The number of nitrogens with two attached hydrogens (primary N) is 1. The van der Waals surface area contributed by atoms with Crippen molar-refractivity contribution in [3.8, 4) is 11.5 Å². The lowest BCUT2D eigenvalue weighted by Crippen LogP contribution is -2.04. The van der Waals surface area contributed by atoms with Gasteiger partial charge in [0.25, 0.3) is 0 Å². The Balaban J connectivity index is 3.28. The highest BCUT2D eigenvalue weighted by Gasteiger charge is 2.17. The Labute approximate surface area is 72.1 Å². The topological polar surface area (TPSA) is 75.7 Å². The van der Waals surface area contributed by atoms with E-state index < -0.39 is 35.3 Å². The van der Waals surface area contributed by atoms with Gasteiger partial charge in [0, 0.05) is 6.07 Å². The standard InChI is InChI=1S/C7H7F2NO3/c8-6-3(2-13-10)7(9)5(12)1-4(6)11/h1,11-12H,2,10H2. The van der Waals surface area contributed by atoms with Gasteiger partial charge in [0.15, 0.2) is 23.1 Å². The highest BCUT2D eigenvalue weighted by Crippen LogP contribution is 2.29. The molecule has 6 heteroatoms. The molecule has 1 aromatic carbocycles. The highest BCUT2D eigenvalue weighted by molar-refractivity contribution is 5.39. The van der Waals surface area contributed by atoms with E-state index in [2.05, 4.69) is 10.7 Å². The molecule has 1 aromatic rings. The molecule has 0 amide bonds. The Morgan fingerprint density at radius 3 is 2.08 bits per heavy atom. The van der Waals surface area contributed by atoms with Crippen molar-refractivity contribution in [1.82, 2.24) is 0 Å². The zero-order valence-electron chi connectivity index (χ0n) is 6.42. The summed E-state index contributed by atoms with van der Waals surface area (Å²) in [4.78, 5) is 4.00. The van der Waals surface area contributed by atoms with Crippen LogP contribution in [-0.4, -0.2) is 10.2 Å². The molecule has 0 radical (unpaired) electrons. The van der Waals surface area contributed by atoms with Gasteiger partial charge in [0.2, 0.25) is 0 Å². The van der Waals surface area contributed by atoms with Crippen LogP contribution in [0.3, 0.4) is 0 Å². The molecule has 0 heterocycles. The number of rotatable bonds is 2. The molecule has 0 saturated carbocycles. The van der Waals surface area contributed by atoms with Gasteiger partial charge >= 0.3 is 0 Å². The molecule has 13 heavy (non-hydrogen) atoms. The SMILES string of the molecule is NOCc1c(F)c(O)cc(O)c1F. The van der Waals surface area contributed by atoms with Crippen molar-refractivity contribution >= 4 is 0 Å². The van der Waals surface area contributed by atoms with Crippen molar-refractivity contribution in [2.45, 2.75) is 6.61 Å². The molecule has 0 bridgehead atoms. The van der Waals surface area contributed by atoms with Gasteiger partial charge in [-0.25, -0.2) is 14.7 Å². The fourth-order valence-electron chi connectivity index (χ4n) is 0.872. The molecule has 72 valence electrons. The minimum absolute atomic E-state index is 0.560. The van der Waals surface area contributed by atoms with E-state index in [1.807, 2.05) is 0 Å². The summed E-state index contributed by atoms with van der Waals surface area (Å²) in [6.45, 7) is -0.570. The van der Waals surface area contributed by atoms with Crippen molar-refractivity contribution in [3.05, 3.63) is 23.3 Å². The van der Waals surface area contributed by atoms with Gasteiger partial charge in [-0.15, -0.1) is 0 Å². The Bertz CT molecular complexity index is 304. The van der Waals surface area contributed by atoms with Gasteiger partial charge < -0.3 is 10.2 Å². The number of halogens is 2. The number of phenolic OH excluding ortho intramolecular Hbond substituents is 2. The molecule has 0 aromatic heterocycles. The van der Waals surface area contributed by atoms with Gasteiger partial charge in [-0.1, -0.05) is 0 Å². The molecule has 0 unspecified atom stereocenters. The van der Waals surface area contributed by atoms with Crippen LogP contribution in [0.25, 0.3) is 0 Å². The zero-order valence-corrected chi connectivity index (χ0v) is 6.42. The van der Waals surface area contributed by atoms with Crippen LogP contribution in [0.5, 0.6) is 11.5 Å². The third-order valence-electron chi connectivity index (χ3n) is 1.48. The normalized spacial score (nSPS) is 10.4. The third kappa shape index (κ3) is 1.68. The molecule has 4 nitrogen and oxygen atoms in total. The first-order chi connectivity index (χ1) is 6.07. The van der Waals surface area contributed by atoms with Crippen LogP contribution in [-0.2, 0) is 11.4 Å². The smallest absolute Gasteiger partial charge is 0.173 e. The minimum Gasteiger partial charge on any atom is -0.505 e. The van der Waals surface area contributed by atoms with E-state index in [0.29, 0.717) is 6.07 Å². The molecule has 0 aliphatic heterocycles. The lowest BCUT2D eigenvalue weighted by Gasteiger charge is -2.06. The van der Waals surface area contributed by atoms with Crippen molar-refractivity contribution < 1.29 is 23.8 Å². The second-order valence-electron chi connectivity index (χ2n) is 2.33. The number of aromatic hydroxyl groups is 2. The predicted octanol–water partition coefficient (Wildman–Crippen LogP) is 0.766. The summed E-state index contributed by atoms with van der Waals surface area (Å²) in [6, 6.07) is 0.560. The van der Waals surface area contributed by atoms with Crippen LogP contribution in [0, 0.1) is 11.6 Å². The molecule has 0 saturated heterocycles. The van der Waals surface area contributed by atoms with E-state index in [1.165, 1.54) is 0 Å². The average molecular weight is 191 g/mol. The molecule has 0 fully saturated rings. The van der Waals surface area contributed by atoms with E-state index in [9.17, 15) is 8.78 Å². The molecule has 0 aliphatic rings. The predicted molar refractivity (Wildman–Crippen MR) is 38.7 cm³/mol. The number of phenols is 2. The van der Waals surface area contributed by atoms with Gasteiger partial charge in [-0.05, 0) is 0 Å². The fraction of sp³-hybridized carbons (Fsp3) is 0.143. The lowest BCUT2D eigenvalue weighted by atomic mass is 10.2. The Morgan fingerprint density at radius 1 is 1.23 bits per heavy atom. The van der Waals surface area contributed by atoms with Crippen LogP contribution >= 0.6 is 0 Å². The van der Waals surface area contributed by atoms with Crippen LogP contribution in [0.15, 0.2) is 6.07 Å². The molecular weight excluding hydrogens is 184 g/mol. The van der Waals surface area contributed by atoms with Crippen LogP contribution in [0.4, 0.5) is 8.78 Å². The maximum absolute atomic E-state index is 12.9. The van der Waals surface area contributed by atoms with Gasteiger partial charge in [-0.2, -0.15) is 0 Å². The number of benzene rings is 1. The van der Waals surface area contributed by atoms with E-state index in [1.54, 1.807) is 0 Å². The second-order valence-corrected chi connectivity index (χ2v) is 2.33. The Morgan fingerprint density at radius 2 is 1.69 bits per heavy atom. The monoisotopic (exact) mass is 191 g/mol. The number of hydrogen-bond acceptors (Lipinski definition) is 4. The van der Waals surface area contributed by atoms with Gasteiger partial charge in [0.1, 0.15) is 0 Å². The van der Waals surface area contributed by atoms with E-state index >= 15 is 0 Å². The summed E-state index contributed by atoms with van der Waals surface area (Å²) in [7, 11) is 0. The quantitative estimate of drug-likeness (QED) is 0.603. The summed E-state index contributed by atoms with van der Waals surface area (Å²) in [5, 5.41) is 17.7. The summed E-state index contributed by atoms with van der Waals surface area (Å²) < 4.78 is 25.8. The second kappa shape index (κ2) is 3.55. The van der Waals surface area contributed by atoms with Crippen LogP contribution in [0.1, 0.15) is 5.56 Å². The first-order valence-corrected chi connectivity index (χ1v) is 3.28. The number of hydrogen-bond donors (Lipinski definition) is 3. The maximum Gasteiger partial charge on any atom is 0.173 e. The summed E-state index contributed by atoms with van der Waals surface area (Å²) in [5.74, 6) is 0.503. The zero-order chi connectivity index (χ0) is 10.0. The molecule has 0 atom stereocenters. The minimum atomic E-state index is -1.19. The van der Waals surface area contributed by atoms with E-state index in [4.69, 9.17) is 10.2 Å². The molecule has 0 spiro atoms. The van der Waals surface area contributed by atoms with Crippen molar-refractivity contribution in [2.75, 3.05) is 0 Å². The van der Waals surface area contributed by atoms with E-state index in [0.717, 1.165) is 0 Å².